The molecule has 2 N–H and O–H groups in total. The van der Waals surface area contributed by atoms with Gasteiger partial charge in [0.05, 0.1) is 47.4 Å². The predicted molar refractivity (Wildman–Crippen MR) is 84.4 cm³/mol. The molecule has 134 valence electrons. The van der Waals surface area contributed by atoms with Gasteiger partial charge in [-0.25, -0.2) is 5.43 Å². The number of nitrogens with one attached hydrogen (secondary N) is 1. The minimum atomic E-state index is -0.948. The molecule has 1 heterocycles. The van der Waals surface area contributed by atoms with Crippen molar-refractivity contribution in [3.8, 4) is 5.75 Å². The van der Waals surface area contributed by atoms with Crippen LogP contribution in [-0.4, -0.2) is 64.8 Å². The number of phenols is 1. The molecule has 12 heteroatoms. The SMILES string of the molecule is O=C(CN1CCOCC1)NN=Cc1cc([N+](=O)[O-])cc([N+](=O)[O-])c1O. The van der Waals surface area contributed by atoms with Crippen molar-refractivity contribution in [2.24, 2.45) is 5.10 Å². The van der Waals surface area contributed by atoms with E-state index >= 15 is 0 Å². The van der Waals surface area contributed by atoms with Crippen LogP contribution in [0.3, 0.4) is 0 Å². The first-order chi connectivity index (χ1) is 11.9. The van der Waals surface area contributed by atoms with E-state index in [9.17, 15) is 30.1 Å². The zero-order valence-electron chi connectivity index (χ0n) is 13.0. The van der Waals surface area contributed by atoms with Crippen LogP contribution in [0.5, 0.6) is 5.75 Å². The van der Waals surface area contributed by atoms with E-state index in [4.69, 9.17) is 4.74 Å². The van der Waals surface area contributed by atoms with Gasteiger partial charge in [-0.05, 0) is 0 Å². The second-order valence-electron chi connectivity index (χ2n) is 5.10. The van der Waals surface area contributed by atoms with Crippen LogP contribution in [0.15, 0.2) is 17.2 Å². The Bertz CT molecular complexity index is 715. The molecule has 0 spiro atoms. The van der Waals surface area contributed by atoms with Gasteiger partial charge in [0.1, 0.15) is 0 Å². The van der Waals surface area contributed by atoms with Crippen molar-refractivity contribution in [1.82, 2.24) is 10.3 Å². The molecule has 0 radical (unpaired) electrons. The van der Waals surface area contributed by atoms with Crippen molar-refractivity contribution in [3.63, 3.8) is 0 Å². The van der Waals surface area contributed by atoms with Crippen LogP contribution in [0.1, 0.15) is 5.56 Å². The minimum Gasteiger partial charge on any atom is -0.502 e. The van der Waals surface area contributed by atoms with Gasteiger partial charge < -0.3 is 9.84 Å². The molecule has 0 saturated carbocycles. The average Bonchev–Trinajstić information content (AvgIpc) is 2.56. The number of phenolic OH excluding ortho intramolecular Hbond substituents is 1. The zero-order chi connectivity index (χ0) is 18.4. The molecule has 0 atom stereocenters. The molecule has 0 bridgehead atoms. The second-order valence-corrected chi connectivity index (χ2v) is 5.10. The first kappa shape index (κ1) is 18.2. The highest BCUT2D eigenvalue weighted by Crippen LogP contribution is 2.33. The molecule has 0 aromatic heterocycles. The van der Waals surface area contributed by atoms with E-state index in [2.05, 4.69) is 10.5 Å². The van der Waals surface area contributed by atoms with E-state index in [-0.39, 0.29) is 12.1 Å². The maximum atomic E-state index is 11.8. The number of hydrogen-bond donors (Lipinski definition) is 2. The molecule has 0 aliphatic carbocycles. The summed E-state index contributed by atoms with van der Waals surface area (Å²) in [6.45, 7) is 2.36. The molecule has 1 saturated heterocycles. The third-order valence-corrected chi connectivity index (χ3v) is 3.38. The first-order valence-electron chi connectivity index (χ1n) is 7.16. The van der Waals surface area contributed by atoms with E-state index < -0.39 is 32.9 Å². The summed E-state index contributed by atoms with van der Waals surface area (Å²) in [5.74, 6) is -1.21. The lowest BCUT2D eigenvalue weighted by Crippen LogP contribution is -2.42. The third-order valence-electron chi connectivity index (χ3n) is 3.38. The number of non-ortho nitro benzene ring substituents is 1. The Hall–Kier alpha value is -3.12. The van der Waals surface area contributed by atoms with Crippen LogP contribution in [-0.2, 0) is 9.53 Å². The Morgan fingerprint density at radius 1 is 1.32 bits per heavy atom. The molecule has 1 aliphatic heterocycles. The number of carbonyl (C=O) groups is 1. The Balaban J connectivity index is 2.07. The number of nitro groups is 2. The summed E-state index contributed by atoms with van der Waals surface area (Å²) in [5.41, 5.74) is 0.541. The van der Waals surface area contributed by atoms with Crippen molar-refractivity contribution in [2.75, 3.05) is 32.8 Å². The molecule has 0 unspecified atom stereocenters. The van der Waals surface area contributed by atoms with Crippen LogP contribution in [0.2, 0.25) is 0 Å². The largest absolute Gasteiger partial charge is 0.502 e. The number of hydrazone groups is 1. The highest BCUT2D eigenvalue weighted by molar-refractivity contribution is 5.88. The molecule has 1 aromatic carbocycles. The molecule has 12 nitrogen and oxygen atoms in total. The van der Waals surface area contributed by atoms with Gasteiger partial charge in [-0.1, -0.05) is 0 Å². The Kier molecular flexibility index (Phi) is 5.92. The predicted octanol–water partition coefficient (Wildman–Crippen LogP) is -0.00910. The van der Waals surface area contributed by atoms with Gasteiger partial charge in [0.25, 0.3) is 11.6 Å². The van der Waals surface area contributed by atoms with Gasteiger partial charge in [0.15, 0.2) is 0 Å². The smallest absolute Gasteiger partial charge is 0.318 e. The number of aromatic hydroxyl groups is 1. The van der Waals surface area contributed by atoms with Crippen LogP contribution >= 0.6 is 0 Å². The van der Waals surface area contributed by atoms with Crippen molar-refractivity contribution >= 4 is 23.5 Å². The quantitative estimate of drug-likeness (QED) is 0.410. The Morgan fingerprint density at radius 3 is 2.60 bits per heavy atom. The number of nitro benzene ring substituents is 2. The fourth-order valence-electron chi connectivity index (χ4n) is 2.14. The molecule has 1 aromatic rings. The topological polar surface area (TPSA) is 160 Å². The number of morpholine rings is 1. The van der Waals surface area contributed by atoms with Crippen molar-refractivity contribution in [2.45, 2.75) is 0 Å². The monoisotopic (exact) mass is 353 g/mol. The van der Waals surface area contributed by atoms with Crippen molar-refractivity contribution in [3.05, 3.63) is 37.9 Å². The summed E-state index contributed by atoms with van der Waals surface area (Å²) >= 11 is 0. The van der Waals surface area contributed by atoms with Gasteiger partial charge >= 0.3 is 5.69 Å². The van der Waals surface area contributed by atoms with Crippen LogP contribution in [0.4, 0.5) is 11.4 Å². The first-order valence-corrected chi connectivity index (χ1v) is 7.16. The van der Waals surface area contributed by atoms with Gasteiger partial charge in [-0.15, -0.1) is 0 Å². The summed E-state index contributed by atoms with van der Waals surface area (Å²) in [6.07, 6.45) is 0.909. The van der Waals surface area contributed by atoms with E-state index in [1.807, 2.05) is 4.90 Å². The number of benzene rings is 1. The van der Waals surface area contributed by atoms with Crippen LogP contribution in [0.25, 0.3) is 0 Å². The van der Waals surface area contributed by atoms with Crippen LogP contribution < -0.4 is 5.43 Å². The molecular formula is C13H15N5O7. The molecule has 25 heavy (non-hydrogen) atoms. The number of ether oxygens (including phenoxy) is 1. The highest BCUT2D eigenvalue weighted by atomic mass is 16.6. The van der Waals surface area contributed by atoms with Crippen molar-refractivity contribution < 1.29 is 24.5 Å². The second kappa shape index (κ2) is 8.12. The summed E-state index contributed by atoms with van der Waals surface area (Å²) < 4.78 is 5.15. The number of hydrogen-bond acceptors (Lipinski definition) is 9. The Morgan fingerprint density at radius 2 is 2.00 bits per heavy atom. The molecule has 1 aliphatic rings. The lowest BCUT2D eigenvalue weighted by Gasteiger charge is -2.25. The maximum Gasteiger partial charge on any atom is 0.318 e. The van der Waals surface area contributed by atoms with Gasteiger partial charge in [-0.2, -0.15) is 5.10 Å². The number of nitrogens with zero attached hydrogens (tertiary/aromatic N) is 4. The van der Waals surface area contributed by atoms with E-state index in [0.717, 1.165) is 12.3 Å². The van der Waals surface area contributed by atoms with Gasteiger partial charge in [-0.3, -0.25) is 29.9 Å². The molecule has 2 rings (SSSR count). The van der Waals surface area contributed by atoms with Gasteiger partial charge in [0.2, 0.25) is 5.75 Å². The zero-order valence-corrected chi connectivity index (χ0v) is 13.0. The van der Waals surface area contributed by atoms with Crippen LogP contribution in [0, 0.1) is 20.2 Å². The molecule has 1 fully saturated rings. The highest BCUT2D eigenvalue weighted by Gasteiger charge is 2.23. The van der Waals surface area contributed by atoms with E-state index in [0.29, 0.717) is 32.4 Å². The summed E-state index contributed by atoms with van der Waals surface area (Å²) in [5, 5.41) is 35.0. The minimum absolute atomic E-state index is 0.0851. The summed E-state index contributed by atoms with van der Waals surface area (Å²) in [7, 11) is 0. The van der Waals surface area contributed by atoms with Crippen molar-refractivity contribution in [1.29, 1.82) is 0 Å². The fraction of sp³-hybridized carbons (Fsp3) is 0.385. The molecular weight excluding hydrogens is 338 g/mol. The lowest BCUT2D eigenvalue weighted by atomic mass is 10.1. The van der Waals surface area contributed by atoms with E-state index in [1.165, 1.54) is 0 Å². The normalized spacial score (nSPS) is 15.2. The summed E-state index contributed by atoms with van der Waals surface area (Å²) in [6, 6.07) is 1.56. The molecule has 1 amide bonds. The lowest BCUT2D eigenvalue weighted by molar-refractivity contribution is -0.394. The number of carbonyl (C=O) groups excluding carboxylic acids is 1. The number of amides is 1. The number of rotatable bonds is 6. The fourth-order valence-corrected chi connectivity index (χ4v) is 2.14. The maximum absolute atomic E-state index is 11.8. The third kappa shape index (κ3) is 4.92. The standard InChI is InChI=1S/C13H15N5O7/c19-12(8-16-1-3-25-4-2-16)15-14-7-9-5-10(17(21)22)6-11(13(9)20)18(23)24/h5-7,20H,1-4,8H2,(H,15,19). The summed E-state index contributed by atoms with van der Waals surface area (Å²) in [4.78, 5) is 33.5. The van der Waals surface area contributed by atoms with Gasteiger partial charge in [0, 0.05) is 19.2 Å². The average molecular weight is 353 g/mol. The van der Waals surface area contributed by atoms with E-state index in [1.54, 1.807) is 0 Å². The Labute approximate surface area is 141 Å².